The second-order valence-corrected chi connectivity index (χ2v) is 5.44. The van der Waals surface area contributed by atoms with Crippen LogP contribution in [-0.4, -0.2) is 34.7 Å². The van der Waals surface area contributed by atoms with Gasteiger partial charge in [0.05, 0.1) is 12.0 Å². The van der Waals surface area contributed by atoms with Crippen LogP contribution < -0.4 is 9.47 Å². The molecule has 28 heavy (non-hydrogen) atoms. The molecule has 0 saturated heterocycles. The first-order valence-corrected chi connectivity index (χ1v) is 8.05. The van der Waals surface area contributed by atoms with Gasteiger partial charge in [0.2, 0.25) is 5.82 Å². The van der Waals surface area contributed by atoms with Crippen molar-refractivity contribution in [3.05, 3.63) is 64.5 Å². The van der Waals surface area contributed by atoms with Crippen LogP contribution in [0.15, 0.2) is 53.1 Å². The predicted octanol–water partition coefficient (Wildman–Crippen LogP) is 2.78. The predicted molar refractivity (Wildman–Crippen MR) is 94.7 cm³/mol. The van der Waals surface area contributed by atoms with E-state index in [1.807, 2.05) is 0 Å². The fourth-order valence-electron chi connectivity index (χ4n) is 2.16. The summed E-state index contributed by atoms with van der Waals surface area (Å²) >= 11 is 0. The van der Waals surface area contributed by atoms with Gasteiger partial charge < -0.3 is 18.7 Å². The average molecular weight is 385 g/mol. The minimum Gasteiger partial charge on any atom is -0.497 e. The number of aromatic nitrogens is 2. The van der Waals surface area contributed by atoms with Crippen molar-refractivity contribution < 1.29 is 28.5 Å². The molecule has 1 heterocycles. The number of esters is 1. The van der Waals surface area contributed by atoms with Crippen molar-refractivity contribution in [2.45, 2.75) is 6.61 Å². The zero-order valence-electron chi connectivity index (χ0n) is 14.7. The average Bonchev–Trinajstić information content (AvgIpc) is 3.20. The molecule has 0 N–H and O–H groups in total. The van der Waals surface area contributed by atoms with Crippen molar-refractivity contribution in [3.63, 3.8) is 0 Å². The van der Waals surface area contributed by atoms with Crippen LogP contribution in [0.2, 0.25) is 0 Å². The van der Waals surface area contributed by atoms with Crippen LogP contribution >= 0.6 is 0 Å². The molecule has 0 aliphatic rings. The van der Waals surface area contributed by atoms with E-state index in [2.05, 4.69) is 10.1 Å². The molecular formula is C18H15N3O7. The van der Waals surface area contributed by atoms with Crippen LogP contribution in [0.25, 0.3) is 11.4 Å². The minimum atomic E-state index is -0.650. The Hall–Kier alpha value is -3.95. The summed E-state index contributed by atoms with van der Waals surface area (Å²) in [7, 11) is 1.57. The number of nitro groups is 1. The van der Waals surface area contributed by atoms with Crippen LogP contribution in [0.1, 0.15) is 5.89 Å². The molecule has 144 valence electrons. The molecule has 10 nitrogen and oxygen atoms in total. The number of methoxy groups -OCH3 is 1. The third-order valence-corrected chi connectivity index (χ3v) is 3.58. The molecule has 0 spiro atoms. The van der Waals surface area contributed by atoms with E-state index in [4.69, 9.17) is 18.7 Å². The summed E-state index contributed by atoms with van der Waals surface area (Å²) in [5, 5.41) is 14.4. The van der Waals surface area contributed by atoms with Gasteiger partial charge in [-0.2, -0.15) is 4.98 Å². The van der Waals surface area contributed by atoms with E-state index in [0.29, 0.717) is 17.3 Å². The van der Waals surface area contributed by atoms with E-state index >= 15 is 0 Å². The number of ether oxygens (including phenoxy) is 3. The Kier molecular flexibility index (Phi) is 5.80. The lowest BCUT2D eigenvalue weighted by Crippen LogP contribution is -2.14. The van der Waals surface area contributed by atoms with Crippen molar-refractivity contribution in [2.24, 2.45) is 0 Å². The summed E-state index contributed by atoms with van der Waals surface area (Å²) < 4.78 is 20.4. The van der Waals surface area contributed by atoms with Crippen molar-refractivity contribution in [3.8, 4) is 22.9 Å². The maximum absolute atomic E-state index is 11.8. The Balaban J connectivity index is 1.48. The standard InChI is InChI=1S/C18H15N3O7/c1-25-14-6-2-12(3-7-14)18-19-16(28-20-18)10-27-17(22)11-26-15-8-4-13(5-9-15)21(23)24/h2-9H,10-11H2,1H3. The van der Waals surface area contributed by atoms with Gasteiger partial charge >= 0.3 is 5.97 Å². The largest absolute Gasteiger partial charge is 0.497 e. The lowest BCUT2D eigenvalue weighted by molar-refractivity contribution is -0.384. The molecule has 0 fully saturated rings. The first kappa shape index (κ1) is 18.8. The first-order valence-electron chi connectivity index (χ1n) is 8.05. The summed E-state index contributed by atoms with van der Waals surface area (Å²) in [6, 6.07) is 12.4. The van der Waals surface area contributed by atoms with E-state index in [0.717, 1.165) is 5.56 Å². The van der Waals surface area contributed by atoms with Crippen LogP contribution in [-0.2, 0) is 16.1 Å². The van der Waals surface area contributed by atoms with Crippen molar-refractivity contribution in [2.75, 3.05) is 13.7 Å². The summed E-state index contributed by atoms with van der Waals surface area (Å²) in [5.74, 6) is 0.851. The number of hydrogen-bond donors (Lipinski definition) is 0. The molecule has 0 unspecified atom stereocenters. The lowest BCUT2D eigenvalue weighted by Gasteiger charge is -2.05. The summed E-state index contributed by atoms with van der Waals surface area (Å²) in [6.07, 6.45) is 0. The smallest absolute Gasteiger partial charge is 0.344 e. The number of benzene rings is 2. The van der Waals surface area contributed by atoms with Gasteiger partial charge in [-0.15, -0.1) is 0 Å². The highest BCUT2D eigenvalue weighted by Crippen LogP contribution is 2.20. The summed E-state index contributed by atoms with van der Waals surface area (Å²) in [6.45, 7) is -0.567. The number of non-ortho nitro benzene ring substituents is 1. The Morgan fingerprint density at radius 1 is 1.11 bits per heavy atom. The highest BCUT2D eigenvalue weighted by Gasteiger charge is 2.12. The molecule has 3 rings (SSSR count). The van der Waals surface area contributed by atoms with Crippen molar-refractivity contribution in [1.29, 1.82) is 0 Å². The second-order valence-electron chi connectivity index (χ2n) is 5.44. The highest BCUT2D eigenvalue weighted by molar-refractivity contribution is 5.71. The van der Waals surface area contributed by atoms with Crippen LogP contribution in [0.5, 0.6) is 11.5 Å². The van der Waals surface area contributed by atoms with Gasteiger partial charge in [0.25, 0.3) is 11.6 Å². The summed E-state index contributed by atoms with van der Waals surface area (Å²) in [4.78, 5) is 26.0. The van der Waals surface area contributed by atoms with Gasteiger partial charge in [0.15, 0.2) is 13.2 Å². The van der Waals surface area contributed by atoms with Gasteiger partial charge in [0, 0.05) is 17.7 Å². The SMILES string of the molecule is COc1ccc(-c2noc(COC(=O)COc3ccc([N+](=O)[O-])cc3)n2)cc1. The molecule has 0 radical (unpaired) electrons. The number of hydrogen-bond acceptors (Lipinski definition) is 9. The van der Waals surface area contributed by atoms with E-state index in [1.165, 1.54) is 24.3 Å². The number of carbonyl (C=O) groups is 1. The number of rotatable bonds is 8. The zero-order valence-corrected chi connectivity index (χ0v) is 14.7. The quantitative estimate of drug-likeness (QED) is 0.327. The van der Waals surface area contributed by atoms with Crippen LogP contribution in [0, 0.1) is 10.1 Å². The molecule has 1 aromatic heterocycles. The molecular weight excluding hydrogens is 370 g/mol. The third kappa shape index (κ3) is 4.81. The fraction of sp³-hybridized carbons (Fsp3) is 0.167. The third-order valence-electron chi connectivity index (χ3n) is 3.58. The molecule has 0 atom stereocenters. The Bertz CT molecular complexity index is 952. The van der Waals surface area contributed by atoms with E-state index in [9.17, 15) is 14.9 Å². The van der Waals surface area contributed by atoms with Gasteiger partial charge in [-0.3, -0.25) is 10.1 Å². The Labute approximate surface area is 158 Å². The minimum absolute atomic E-state index is 0.0704. The number of nitro benzene ring substituents is 1. The molecule has 2 aromatic carbocycles. The molecule has 0 saturated carbocycles. The second kappa shape index (κ2) is 8.62. The van der Waals surface area contributed by atoms with Crippen molar-refractivity contribution in [1.82, 2.24) is 10.1 Å². The number of nitrogens with zero attached hydrogens (tertiary/aromatic N) is 3. The van der Waals surface area contributed by atoms with Gasteiger partial charge in [-0.25, -0.2) is 4.79 Å². The Morgan fingerprint density at radius 3 is 2.43 bits per heavy atom. The van der Waals surface area contributed by atoms with Crippen molar-refractivity contribution >= 4 is 11.7 Å². The first-order chi connectivity index (χ1) is 13.5. The molecule has 0 aliphatic heterocycles. The lowest BCUT2D eigenvalue weighted by atomic mass is 10.2. The maximum Gasteiger partial charge on any atom is 0.344 e. The monoisotopic (exact) mass is 385 g/mol. The van der Waals surface area contributed by atoms with E-state index in [-0.39, 0.29) is 24.8 Å². The van der Waals surface area contributed by atoms with Crippen LogP contribution in [0.3, 0.4) is 0 Å². The van der Waals surface area contributed by atoms with Gasteiger partial charge in [0.1, 0.15) is 11.5 Å². The highest BCUT2D eigenvalue weighted by atomic mass is 16.6. The normalized spacial score (nSPS) is 10.3. The maximum atomic E-state index is 11.8. The topological polar surface area (TPSA) is 127 Å². The van der Waals surface area contributed by atoms with Crippen LogP contribution in [0.4, 0.5) is 5.69 Å². The molecule has 0 amide bonds. The van der Waals surface area contributed by atoms with Gasteiger partial charge in [-0.05, 0) is 36.4 Å². The molecule has 0 aliphatic carbocycles. The van der Waals surface area contributed by atoms with Gasteiger partial charge in [-0.1, -0.05) is 5.16 Å². The van der Waals surface area contributed by atoms with E-state index in [1.54, 1.807) is 31.4 Å². The molecule has 0 bridgehead atoms. The molecule has 3 aromatic rings. The van der Waals surface area contributed by atoms with E-state index < -0.39 is 10.9 Å². The summed E-state index contributed by atoms with van der Waals surface area (Å²) in [5.41, 5.74) is 0.655. The zero-order chi connectivity index (χ0) is 19.9. The Morgan fingerprint density at radius 2 is 1.79 bits per heavy atom. The molecule has 10 heteroatoms. The fourth-order valence-corrected chi connectivity index (χ4v) is 2.16. The number of carbonyl (C=O) groups excluding carboxylic acids is 1.